The van der Waals surface area contributed by atoms with Crippen LogP contribution in [-0.2, 0) is 4.79 Å². The van der Waals surface area contributed by atoms with E-state index in [1.807, 2.05) is 13.8 Å². The van der Waals surface area contributed by atoms with Crippen LogP contribution in [0.1, 0.15) is 34.1 Å². The molecule has 6 nitrogen and oxygen atoms in total. The number of hydrogen-bond donors (Lipinski definition) is 5. The van der Waals surface area contributed by atoms with Gasteiger partial charge in [0.05, 0.1) is 18.3 Å². The van der Waals surface area contributed by atoms with Crippen molar-refractivity contribution in [2.45, 2.75) is 57.0 Å². The number of hydrogen-bond acceptors (Lipinski definition) is 6. The van der Waals surface area contributed by atoms with Gasteiger partial charge in [-0.05, 0) is 18.1 Å². The Morgan fingerprint density at radius 1 is 1.19 bits per heavy atom. The molecule has 0 amide bonds. The number of aliphatic hydroxyl groups is 5. The molecule has 150 valence electrons. The molecule has 0 unspecified atom stereocenters. The number of ketones is 1. The Hall–Kier alpha value is -0.128. The molecule has 4 aliphatic rings. The van der Waals surface area contributed by atoms with Crippen LogP contribution >= 0.6 is 0 Å². The second-order valence-corrected chi connectivity index (χ2v) is 9.41. The molecular formula is C20H30O6Pb. The maximum absolute atomic E-state index is 12.7. The van der Waals surface area contributed by atoms with Gasteiger partial charge in [-0.25, -0.2) is 0 Å². The van der Waals surface area contributed by atoms with Crippen LogP contribution in [0.3, 0.4) is 0 Å². The molecule has 0 bridgehead atoms. The maximum atomic E-state index is 12.7. The van der Waals surface area contributed by atoms with Gasteiger partial charge in [0.2, 0.25) is 0 Å². The molecule has 5 N–H and O–H groups in total. The zero-order chi connectivity index (χ0) is 19.4. The summed E-state index contributed by atoms with van der Waals surface area (Å²) in [6.07, 6.45) is 2.08. The molecule has 4 aliphatic carbocycles. The second-order valence-electron chi connectivity index (χ2n) is 9.41. The quantitative estimate of drug-likeness (QED) is 0.203. The number of rotatable bonds is 1. The molecule has 0 aliphatic heterocycles. The Bertz CT molecular complexity index is 760. The first-order valence-corrected chi connectivity index (χ1v) is 9.27. The summed E-state index contributed by atoms with van der Waals surface area (Å²) in [4.78, 5) is 12.7. The summed E-state index contributed by atoms with van der Waals surface area (Å²) >= 11 is 0. The van der Waals surface area contributed by atoms with Crippen molar-refractivity contribution in [1.29, 1.82) is 0 Å². The molecule has 0 aromatic rings. The Labute approximate surface area is 179 Å². The first-order chi connectivity index (χ1) is 11.9. The van der Waals surface area contributed by atoms with E-state index in [0.717, 1.165) is 0 Å². The molecule has 0 saturated heterocycles. The fourth-order valence-corrected chi connectivity index (χ4v) is 6.45. The summed E-state index contributed by atoms with van der Waals surface area (Å²) in [6, 6.07) is 0. The van der Waals surface area contributed by atoms with Crippen LogP contribution in [0.15, 0.2) is 23.3 Å². The number of fused-ring (bicyclic) bond motifs is 5. The molecule has 0 heterocycles. The van der Waals surface area contributed by atoms with Crippen molar-refractivity contribution >= 4 is 33.1 Å². The van der Waals surface area contributed by atoms with Crippen LogP contribution in [0.2, 0.25) is 0 Å². The predicted molar refractivity (Wildman–Crippen MR) is 101 cm³/mol. The Kier molecular flexibility index (Phi) is 4.75. The van der Waals surface area contributed by atoms with E-state index in [-0.39, 0.29) is 40.3 Å². The van der Waals surface area contributed by atoms with Crippen molar-refractivity contribution < 1.29 is 30.3 Å². The van der Waals surface area contributed by atoms with Crippen LogP contribution in [-0.4, -0.2) is 88.1 Å². The van der Waals surface area contributed by atoms with Crippen LogP contribution < -0.4 is 0 Å². The van der Waals surface area contributed by atoms with E-state index in [2.05, 4.69) is 0 Å². The van der Waals surface area contributed by atoms with Crippen molar-refractivity contribution in [1.82, 2.24) is 0 Å². The third kappa shape index (κ3) is 2.20. The molecule has 2 fully saturated rings. The SMILES string of the molecule is CC1=C[C@H]2[C@@]3(O)[C@H](C)[C@@H](O)[C@]4(O)[C@H]([C@@H]3C=C(CO)C[C@]2(O)C1=O)C4(C)C.[PbH2]. The molecule has 27 heavy (non-hydrogen) atoms. The zero-order valence-corrected chi connectivity index (χ0v) is 21.8. The van der Waals surface area contributed by atoms with Crippen molar-refractivity contribution in [3.63, 3.8) is 0 Å². The van der Waals surface area contributed by atoms with Gasteiger partial charge in [0.25, 0.3) is 0 Å². The van der Waals surface area contributed by atoms with Gasteiger partial charge < -0.3 is 25.5 Å². The summed E-state index contributed by atoms with van der Waals surface area (Å²) in [5.41, 5.74) is -4.57. The van der Waals surface area contributed by atoms with Crippen LogP contribution in [0.5, 0.6) is 0 Å². The number of carbonyl (C=O) groups is 1. The van der Waals surface area contributed by atoms with Gasteiger partial charge in [-0.3, -0.25) is 4.79 Å². The van der Waals surface area contributed by atoms with Crippen molar-refractivity contribution in [3.05, 3.63) is 23.3 Å². The fourth-order valence-electron chi connectivity index (χ4n) is 6.45. The van der Waals surface area contributed by atoms with E-state index in [0.29, 0.717) is 11.1 Å². The normalized spacial score (nSPS) is 52.5. The summed E-state index contributed by atoms with van der Waals surface area (Å²) in [5, 5.41) is 54.9. The molecule has 8 atom stereocenters. The van der Waals surface area contributed by atoms with Crippen LogP contribution in [0, 0.1) is 29.1 Å². The van der Waals surface area contributed by atoms with E-state index in [9.17, 15) is 30.3 Å². The minimum absolute atomic E-state index is 0. The monoisotopic (exact) mass is 574 g/mol. The van der Waals surface area contributed by atoms with Gasteiger partial charge >= 0.3 is 27.3 Å². The van der Waals surface area contributed by atoms with E-state index in [1.54, 1.807) is 26.0 Å². The summed E-state index contributed by atoms with van der Waals surface area (Å²) in [5.74, 6) is -3.14. The zero-order valence-electron chi connectivity index (χ0n) is 16.3. The van der Waals surface area contributed by atoms with Crippen molar-refractivity contribution in [3.8, 4) is 0 Å². The molecule has 0 aromatic heterocycles. The Morgan fingerprint density at radius 3 is 2.33 bits per heavy atom. The molecule has 7 heteroatoms. The number of Topliss-reactive ketones (excluding diaryl/α,β-unsaturated/α-hetero) is 1. The fraction of sp³-hybridized carbons (Fsp3) is 0.750. The summed E-state index contributed by atoms with van der Waals surface area (Å²) < 4.78 is 0. The van der Waals surface area contributed by atoms with E-state index in [4.69, 9.17) is 0 Å². The topological polar surface area (TPSA) is 118 Å². The predicted octanol–water partition coefficient (Wildman–Crippen LogP) is -0.986. The van der Waals surface area contributed by atoms with Gasteiger partial charge in [0.15, 0.2) is 5.78 Å². The Morgan fingerprint density at radius 2 is 1.78 bits per heavy atom. The molecular weight excluding hydrogens is 543 g/mol. The molecule has 0 spiro atoms. The van der Waals surface area contributed by atoms with Crippen LogP contribution in [0.25, 0.3) is 0 Å². The average molecular weight is 574 g/mol. The van der Waals surface area contributed by atoms with E-state index in [1.165, 1.54) is 0 Å². The van der Waals surface area contributed by atoms with Gasteiger partial charge in [0, 0.05) is 35.5 Å². The summed E-state index contributed by atoms with van der Waals surface area (Å²) in [6.45, 7) is 6.63. The molecule has 4 rings (SSSR count). The third-order valence-corrected chi connectivity index (χ3v) is 8.04. The summed E-state index contributed by atoms with van der Waals surface area (Å²) in [7, 11) is 0. The van der Waals surface area contributed by atoms with Crippen molar-refractivity contribution in [2.24, 2.45) is 29.1 Å². The Balaban J connectivity index is 0.00000210. The van der Waals surface area contributed by atoms with Gasteiger partial charge in [-0.15, -0.1) is 0 Å². The van der Waals surface area contributed by atoms with Gasteiger partial charge in [-0.1, -0.05) is 32.9 Å². The standard InChI is InChI=1S/C20H28O6.Pb.2H/c1-9-5-13-18(24,15(9)22)7-11(8-21)6-12-14-17(3,4)20(14,26)16(23)10(2)19(12,13)25;;;/h5-6,10,12-14,16,21,23-26H,7-8H2,1-4H3;;;/t10-,12+,13-,14-,16-,18-,19-,20-;;;/m1.../s1. The minimum atomic E-state index is -1.84. The number of aliphatic hydroxyl groups excluding tert-OH is 2. The average Bonchev–Trinajstić information content (AvgIpc) is 2.97. The second kappa shape index (κ2) is 5.95. The molecule has 2 radical (unpaired) electrons. The number of carbonyl (C=O) groups excluding carboxylic acids is 1. The van der Waals surface area contributed by atoms with E-state index < -0.39 is 57.8 Å². The third-order valence-electron chi connectivity index (χ3n) is 8.04. The first-order valence-electron chi connectivity index (χ1n) is 9.27. The first kappa shape index (κ1) is 21.6. The van der Waals surface area contributed by atoms with Gasteiger partial charge in [0.1, 0.15) is 11.2 Å². The molecule has 2 saturated carbocycles. The van der Waals surface area contributed by atoms with E-state index >= 15 is 0 Å². The molecule has 0 aromatic carbocycles. The van der Waals surface area contributed by atoms with Gasteiger partial charge in [-0.2, -0.15) is 0 Å². The van der Waals surface area contributed by atoms with Crippen LogP contribution in [0.4, 0.5) is 0 Å². The van der Waals surface area contributed by atoms with Crippen molar-refractivity contribution in [2.75, 3.05) is 6.61 Å².